The molecule has 22 heavy (non-hydrogen) atoms. The van der Waals surface area contributed by atoms with Gasteiger partial charge in [0, 0.05) is 26.6 Å². The highest BCUT2D eigenvalue weighted by molar-refractivity contribution is 7.14. The molecule has 3 nitrogen and oxygen atoms in total. The number of thiazole rings is 1. The Hall–Kier alpha value is -1.88. The monoisotopic (exact) mass is 348 g/mol. The number of nitrogens with one attached hydrogen (secondary N) is 1. The minimum atomic E-state index is -0.214. The fourth-order valence-electron chi connectivity index (χ4n) is 1.85. The molecule has 3 aromatic rings. The average molecular weight is 349 g/mol. The Morgan fingerprint density at radius 3 is 2.18 bits per heavy atom. The summed E-state index contributed by atoms with van der Waals surface area (Å²) < 4.78 is 0. The van der Waals surface area contributed by atoms with Gasteiger partial charge in [0.05, 0.1) is 5.69 Å². The van der Waals surface area contributed by atoms with Gasteiger partial charge in [0.15, 0.2) is 5.13 Å². The molecule has 2 aromatic carbocycles. The number of aromatic nitrogens is 1. The van der Waals surface area contributed by atoms with Crippen molar-refractivity contribution in [3.63, 3.8) is 0 Å². The molecule has 0 saturated carbocycles. The lowest BCUT2D eigenvalue weighted by molar-refractivity contribution is 0.102. The van der Waals surface area contributed by atoms with Crippen LogP contribution in [-0.4, -0.2) is 10.9 Å². The van der Waals surface area contributed by atoms with E-state index in [9.17, 15) is 4.79 Å². The minimum Gasteiger partial charge on any atom is -0.298 e. The van der Waals surface area contributed by atoms with Crippen LogP contribution in [0.1, 0.15) is 10.4 Å². The second-order valence-electron chi connectivity index (χ2n) is 4.51. The predicted octanol–water partition coefficient (Wildman–Crippen LogP) is 5.37. The molecule has 1 amide bonds. The van der Waals surface area contributed by atoms with Gasteiger partial charge in [-0.1, -0.05) is 35.3 Å². The summed E-state index contributed by atoms with van der Waals surface area (Å²) in [5.74, 6) is -0.214. The van der Waals surface area contributed by atoms with Crippen molar-refractivity contribution in [3.05, 3.63) is 69.5 Å². The van der Waals surface area contributed by atoms with Crippen LogP contribution in [0.15, 0.2) is 53.9 Å². The maximum Gasteiger partial charge on any atom is 0.257 e. The molecule has 3 rings (SSSR count). The van der Waals surface area contributed by atoms with E-state index in [0.29, 0.717) is 20.7 Å². The van der Waals surface area contributed by atoms with Crippen molar-refractivity contribution in [2.45, 2.75) is 0 Å². The van der Waals surface area contributed by atoms with Crippen LogP contribution in [0.5, 0.6) is 0 Å². The first kappa shape index (κ1) is 15.0. The number of rotatable bonds is 3. The Morgan fingerprint density at radius 1 is 0.955 bits per heavy atom. The summed E-state index contributed by atoms with van der Waals surface area (Å²) in [5.41, 5.74) is 2.29. The zero-order chi connectivity index (χ0) is 15.5. The highest BCUT2D eigenvalue weighted by atomic mass is 35.5. The van der Waals surface area contributed by atoms with Crippen LogP contribution < -0.4 is 5.32 Å². The van der Waals surface area contributed by atoms with E-state index in [2.05, 4.69) is 10.3 Å². The van der Waals surface area contributed by atoms with Gasteiger partial charge in [-0.15, -0.1) is 11.3 Å². The van der Waals surface area contributed by atoms with Crippen molar-refractivity contribution in [3.8, 4) is 11.3 Å². The number of amides is 1. The van der Waals surface area contributed by atoms with Crippen molar-refractivity contribution in [1.82, 2.24) is 4.98 Å². The van der Waals surface area contributed by atoms with Gasteiger partial charge in [-0.2, -0.15) is 0 Å². The van der Waals surface area contributed by atoms with Crippen LogP contribution in [0, 0.1) is 0 Å². The van der Waals surface area contributed by atoms with Gasteiger partial charge < -0.3 is 0 Å². The smallest absolute Gasteiger partial charge is 0.257 e. The molecule has 0 aliphatic rings. The number of benzene rings is 2. The van der Waals surface area contributed by atoms with E-state index in [0.717, 1.165) is 11.3 Å². The molecule has 110 valence electrons. The highest BCUT2D eigenvalue weighted by Crippen LogP contribution is 2.26. The molecular formula is C16H10Cl2N2OS. The zero-order valence-corrected chi connectivity index (χ0v) is 13.5. The Labute approximate surface area is 141 Å². The maximum absolute atomic E-state index is 12.1. The van der Waals surface area contributed by atoms with Crippen LogP contribution in [0.3, 0.4) is 0 Å². The summed E-state index contributed by atoms with van der Waals surface area (Å²) in [7, 11) is 0. The molecule has 0 atom stereocenters. The lowest BCUT2D eigenvalue weighted by atomic mass is 10.2. The first-order valence-electron chi connectivity index (χ1n) is 6.40. The van der Waals surface area contributed by atoms with Gasteiger partial charge in [0.2, 0.25) is 0 Å². The number of nitrogens with zero attached hydrogens (tertiary/aromatic N) is 1. The molecule has 6 heteroatoms. The van der Waals surface area contributed by atoms with Crippen LogP contribution in [0.25, 0.3) is 11.3 Å². The third-order valence-corrected chi connectivity index (χ3v) is 4.23. The highest BCUT2D eigenvalue weighted by Gasteiger charge is 2.10. The number of carbonyl (C=O) groups is 1. The second kappa shape index (κ2) is 6.48. The first-order chi connectivity index (χ1) is 10.6. The van der Waals surface area contributed by atoms with Crippen LogP contribution in [-0.2, 0) is 0 Å². The second-order valence-corrected chi connectivity index (χ2v) is 6.24. The van der Waals surface area contributed by atoms with Gasteiger partial charge in [-0.3, -0.25) is 10.1 Å². The molecule has 1 heterocycles. The molecule has 0 aliphatic carbocycles. The standard InChI is InChI=1S/C16H10Cl2N2OS/c17-12-5-1-10(2-6-12)14-9-22-16(19-14)20-15(21)11-3-7-13(18)8-4-11/h1-9H,(H,19,20,21). The van der Waals surface area contributed by atoms with Crippen molar-refractivity contribution >= 4 is 45.6 Å². The molecule has 0 spiro atoms. The fraction of sp³-hybridized carbons (Fsp3) is 0. The fourth-order valence-corrected chi connectivity index (χ4v) is 2.82. The van der Waals surface area contributed by atoms with Crippen molar-refractivity contribution < 1.29 is 4.79 Å². The van der Waals surface area contributed by atoms with E-state index in [1.165, 1.54) is 11.3 Å². The van der Waals surface area contributed by atoms with E-state index in [1.54, 1.807) is 24.3 Å². The van der Waals surface area contributed by atoms with Gasteiger partial charge in [0.25, 0.3) is 5.91 Å². The topological polar surface area (TPSA) is 42.0 Å². The van der Waals surface area contributed by atoms with Crippen molar-refractivity contribution in [2.24, 2.45) is 0 Å². The summed E-state index contributed by atoms with van der Waals surface area (Å²) in [4.78, 5) is 16.5. The number of anilines is 1. The summed E-state index contributed by atoms with van der Waals surface area (Å²) in [5, 5.41) is 6.48. The largest absolute Gasteiger partial charge is 0.298 e. The third kappa shape index (κ3) is 3.47. The molecule has 0 saturated heterocycles. The normalized spacial score (nSPS) is 10.5. The van der Waals surface area contributed by atoms with E-state index < -0.39 is 0 Å². The molecule has 0 bridgehead atoms. The van der Waals surface area contributed by atoms with Crippen molar-refractivity contribution in [2.75, 3.05) is 5.32 Å². The molecule has 1 N–H and O–H groups in total. The first-order valence-corrected chi connectivity index (χ1v) is 8.04. The van der Waals surface area contributed by atoms with E-state index in [1.807, 2.05) is 29.6 Å². The summed E-state index contributed by atoms with van der Waals surface area (Å²) in [6.45, 7) is 0. The number of halogens is 2. The van der Waals surface area contributed by atoms with Gasteiger partial charge in [0.1, 0.15) is 0 Å². The molecule has 0 unspecified atom stereocenters. The summed E-state index contributed by atoms with van der Waals surface area (Å²) in [6.07, 6.45) is 0. The van der Waals surface area contributed by atoms with E-state index in [-0.39, 0.29) is 5.91 Å². The average Bonchev–Trinajstić information content (AvgIpc) is 2.97. The van der Waals surface area contributed by atoms with Crippen LogP contribution in [0.4, 0.5) is 5.13 Å². The van der Waals surface area contributed by atoms with E-state index in [4.69, 9.17) is 23.2 Å². The predicted molar refractivity (Wildman–Crippen MR) is 92.0 cm³/mol. The SMILES string of the molecule is O=C(Nc1nc(-c2ccc(Cl)cc2)cs1)c1ccc(Cl)cc1. The molecular weight excluding hydrogens is 339 g/mol. The quantitative estimate of drug-likeness (QED) is 0.691. The number of hydrogen-bond acceptors (Lipinski definition) is 3. The van der Waals surface area contributed by atoms with E-state index >= 15 is 0 Å². The minimum absolute atomic E-state index is 0.214. The number of carbonyl (C=O) groups excluding carboxylic acids is 1. The Balaban J connectivity index is 1.75. The molecule has 0 radical (unpaired) electrons. The third-order valence-electron chi connectivity index (χ3n) is 2.97. The summed E-state index contributed by atoms with van der Waals surface area (Å²) in [6, 6.07) is 14.1. The zero-order valence-electron chi connectivity index (χ0n) is 11.2. The van der Waals surface area contributed by atoms with Gasteiger partial charge >= 0.3 is 0 Å². The Bertz CT molecular complexity index is 798. The Kier molecular flexibility index (Phi) is 4.43. The van der Waals surface area contributed by atoms with Crippen LogP contribution >= 0.6 is 34.5 Å². The Morgan fingerprint density at radius 2 is 1.55 bits per heavy atom. The lowest BCUT2D eigenvalue weighted by Gasteiger charge is -2.01. The number of hydrogen-bond donors (Lipinski definition) is 1. The molecule has 0 fully saturated rings. The molecule has 0 aliphatic heterocycles. The maximum atomic E-state index is 12.1. The summed E-state index contributed by atoms with van der Waals surface area (Å²) >= 11 is 13.0. The lowest BCUT2D eigenvalue weighted by Crippen LogP contribution is -2.11. The molecule has 1 aromatic heterocycles. The van der Waals surface area contributed by atoms with Gasteiger partial charge in [-0.25, -0.2) is 4.98 Å². The van der Waals surface area contributed by atoms with Gasteiger partial charge in [-0.05, 0) is 36.4 Å². The van der Waals surface area contributed by atoms with Crippen LogP contribution in [0.2, 0.25) is 10.0 Å². The van der Waals surface area contributed by atoms with Crippen molar-refractivity contribution in [1.29, 1.82) is 0 Å².